The van der Waals surface area contributed by atoms with E-state index in [-0.39, 0.29) is 24.2 Å². The number of hydrogen-bond acceptors (Lipinski definition) is 6. The molecule has 21 heavy (non-hydrogen) atoms. The quantitative estimate of drug-likeness (QED) is 0.468. The molecule has 0 saturated carbocycles. The molecule has 1 rings (SSSR count). The molecule has 0 bridgehead atoms. The van der Waals surface area contributed by atoms with Crippen LogP contribution in [0.15, 0.2) is 29.4 Å². The summed E-state index contributed by atoms with van der Waals surface area (Å²) in [5, 5.41) is 11.6. The van der Waals surface area contributed by atoms with Gasteiger partial charge in [0, 0.05) is 6.42 Å². The number of nitroso groups, excluding NO2 is 1. The number of rotatable bonds is 7. The highest BCUT2D eigenvalue weighted by Gasteiger charge is 2.28. The van der Waals surface area contributed by atoms with Gasteiger partial charge in [-0.1, -0.05) is 17.3 Å². The van der Waals surface area contributed by atoms with Crippen molar-refractivity contribution in [2.24, 2.45) is 5.18 Å². The molecule has 1 N–H and O–H groups in total. The summed E-state index contributed by atoms with van der Waals surface area (Å²) in [4.78, 5) is 44.7. The zero-order chi connectivity index (χ0) is 16.0. The number of para-hydroxylation sites is 1. The lowest BCUT2D eigenvalue weighted by molar-refractivity contribution is -0.136. The summed E-state index contributed by atoms with van der Waals surface area (Å²) in [7, 11) is 0. The van der Waals surface area contributed by atoms with Gasteiger partial charge in [0.15, 0.2) is 11.3 Å². The normalized spacial score (nSPS) is 10.8. The minimum atomic E-state index is -1.39. The summed E-state index contributed by atoms with van der Waals surface area (Å²) in [6, 6.07) is 5.68. The molecule has 0 saturated heterocycles. The largest absolute Gasteiger partial charge is 0.478 e. The molecule has 0 radical (unpaired) electrons. The van der Waals surface area contributed by atoms with E-state index in [2.05, 4.69) is 5.18 Å². The molecule has 0 amide bonds. The molecule has 7 heteroatoms. The molecule has 7 nitrogen and oxygen atoms in total. The van der Waals surface area contributed by atoms with Gasteiger partial charge in [-0.3, -0.25) is 9.59 Å². The number of carbonyl (C=O) groups is 3. The SMILES string of the molecule is CC(C)(N=O)C(=O)CCC(=O)Oc1ccccc1C(=O)O. The molecule has 0 atom stereocenters. The predicted molar refractivity (Wildman–Crippen MR) is 73.2 cm³/mol. The van der Waals surface area contributed by atoms with Crippen LogP contribution < -0.4 is 4.74 Å². The van der Waals surface area contributed by atoms with Gasteiger partial charge in [-0.2, -0.15) is 0 Å². The summed E-state index contributed by atoms with van der Waals surface area (Å²) in [5.74, 6) is -2.55. The van der Waals surface area contributed by atoms with Crippen LogP contribution in [0.2, 0.25) is 0 Å². The number of esters is 1. The van der Waals surface area contributed by atoms with Crippen molar-refractivity contribution >= 4 is 17.7 Å². The van der Waals surface area contributed by atoms with Crippen LogP contribution in [-0.2, 0) is 9.59 Å². The Labute approximate surface area is 120 Å². The number of carboxylic acids is 1. The molecule has 0 spiro atoms. The second kappa shape index (κ2) is 6.74. The highest BCUT2D eigenvalue weighted by Crippen LogP contribution is 2.19. The number of Topliss-reactive ketones (excluding diaryl/α,β-unsaturated/α-hetero) is 1. The molecule has 0 aliphatic carbocycles. The first kappa shape index (κ1) is 16.5. The zero-order valence-corrected chi connectivity index (χ0v) is 11.7. The lowest BCUT2D eigenvalue weighted by Gasteiger charge is -2.13. The Morgan fingerprint density at radius 2 is 1.81 bits per heavy atom. The molecule has 112 valence electrons. The van der Waals surface area contributed by atoms with Gasteiger partial charge < -0.3 is 9.84 Å². The van der Waals surface area contributed by atoms with Crippen molar-refractivity contribution in [3.63, 3.8) is 0 Å². The van der Waals surface area contributed by atoms with Crippen LogP contribution in [0, 0.1) is 4.91 Å². The number of hydrogen-bond donors (Lipinski definition) is 1. The fourth-order valence-electron chi connectivity index (χ4n) is 1.48. The van der Waals surface area contributed by atoms with E-state index in [1.54, 1.807) is 0 Å². The van der Waals surface area contributed by atoms with Crippen LogP contribution in [0.3, 0.4) is 0 Å². The van der Waals surface area contributed by atoms with Gasteiger partial charge in [0.2, 0.25) is 0 Å². The molecule has 0 aliphatic heterocycles. The first-order chi connectivity index (χ1) is 9.77. The fourth-order valence-corrected chi connectivity index (χ4v) is 1.48. The average molecular weight is 293 g/mol. The van der Waals surface area contributed by atoms with Crippen molar-refractivity contribution < 1.29 is 24.2 Å². The molecule has 0 aliphatic rings. The smallest absolute Gasteiger partial charge is 0.339 e. The molecular formula is C14H15NO6. The molecule has 0 aromatic heterocycles. The summed E-state index contributed by atoms with van der Waals surface area (Å²) in [6.07, 6.45) is -0.460. The van der Waals surface area contributed by atoms with Crippen molar-refractivity contribution in [2.45, 2.75) is 32.2 Å². The summed E-state index contributed by atoms with van der Waals surface area (Å²) < 4.78 is 4.92. The number of carbonyl (C=O) groups excluding carboxylic acids is 2. The summed E-state index contributed by atoms with van der Waals surface area (Å²) >= 11 is 0. The highest BCUT2D eigenvalue weighted by atomic mass is 16.5. The third kappa shape index (κ3) is 4.48. The minimum absolute atomic E-state index is 0.0878. The lowest BCUT2D eigenvalue weighted by atomic mass is 9.97. The number of ketones is 1. The third-order valence-corrected chi connectivity index (χ3v) is 2.81. The molecule has 1 aromatic carbocycles. The van der Waals surface area contributed by atoms with Crippen LogP contribution >= 0.6 is 0 Å². The van der Waals surface area contributed by atoms with Crippen molar-refractivity contribution in [2.75, 3.05) is 0 Å². The van der Waals surface area contributed by atoms with Gasteiger partial charge in [-0.25, -0.2) is 4.79 Å². The van der Waals surface area contributed by atoms with E-state index in [4.69, 9.17) is 9.84 Å². The predicted octanol–water partition coefficient (Wildman–Crippen LogP) is 2.18. The Hall–Kier alpha value is -2.57. The van der Waals surface area contributed by atoms with E-state index >= 15 is 0 Å². The Kier molecular flexibility index (Phi) is 5.29. The molecule has 0 heterocycles. The molecular weight excluding hydrogens is 278 g/mol. The first-order valence-electron chi connectivity index (χ1n) is 6.18. The van der Waals surface area contributed by atoms with Crippen LogP contribution in [0.4, 0.5) is 0 Å². The van der Waals surface area contributed by atoms with Gasteiger partial charge in [0.1, 0.15) is 11.3 Å². The Morgan fingerprint density at radius 3 is 2.38 bits per heavy atom. The van der Waals surface area contributed by atoms with Gasteiger partial charge in [-0.05, 0) is 26.0 Å². The van der Waals surface area contributed by atoms with Crippen LogP contribution in [-0.4, -0.2) is 28.4 Å². The van der Waals surface area contributed by atoms with E-state index in [1.165, 1.54) is 38.1 Å². The van der Waals surface area contributed by atoms with E-state index in [0.29, 0.717) is 0 Å². The van der Waals surface area contributed by atoms with Gasteiger partial charge in [0.25, 0.3) is 0 Å². The second-order valence-electron chi connectivity index (χ2n) is 4.85. The summed E-state index contributed by atoms with van der Waals surface area (Å²) in [5.41, 5.74) is -1.54. The maximum Gasteiger partial charge on any atom is 0.339 e. The van der Waals surface area contributed by atoms with Crippen LogP contribution in [0.1, 0.15) is 37.0 Å². The topological polar surface area (TPSA) is 110 Å². The number of benzene rings is 1. The Bertz CT molecular complexity index is 579. The number of carboxylic acid groups (broad SMARTS) is 1. The van der Waals surface area contributed by atoms with Crippen LogP contribution in [0.25, 0.3) is 0 Å². The number of nitrogens with zero attached hydrogens (tertiary/aromatic N) is 1. The lowest BCUT2D eigenvalue weighted by Crippen LogP contribution is -2.29. The molecule has 1 aromatic rings. The third-order valence-electron chi connectivity index (χ3n) is 2.81. The number of aromatic carboxylic acids is 1. The van der Waals surface area contributed by atoms with Crippen molar-refractivity contribution in [1.82, 2.24) is 0 Å². The standard InChI is InChI=1S/C14H15NO6/c1-14(2,15-20)11(16)7-8-12(17)21-10-6-4-3-5-9(10)13(18)19/h3-6H,7-8H2,1-2H3,(H,18,19). The molecule has 0 fully saturated rings. The molecule has 0 unspecified atom stereocenters. The van der Waals surface area contributed by atoms with E-state index < -0.39 is 23.3 Å². The Morgan fingerprint density at radius 1 is 1.19 bits per heavy atom. The van der Waals surface area contributed by atoms with Gasteiger partial charge in [0.05, 0.1) is 6.42 Å². The van der Waals surface area contributed by atoms with Crippen molar-refractivity contribution in [1.29, 1.82) is 0 Å². The Balaban J connectivity index is 2.65. The average Bonchev–Trinajstić information content (AvgIpc) is 2.45. The van der Waals surface area contributed by atoms with E-state index in [1.807, 2.05) is 0 Å². The fraction of sp³-hybridized carbons (Fsp3) is 0.357. The van der Waals surface area contributed by atoms with E-state index in [9.17, 15) is 19.3 Å². The second-order valence-corrected chi connectivity index (χ2v) is 4.85. The van der Waals surface area contributed by atoms with E-state index in [0.717, 1.165) is 0 Å². The van der Waals surface area contributed by atoms with Gasteiger partial charge >= 0.3 is 11.9 Å². The van der Waals surface area contributed by atoms with Gasteiger partial charge in [-0.15, -0.1) is 4.91 Å². The van der Waals surface area contributed by atoms with Crippen LogP contribution in [0.5, 0.6) is 5.75 Å². The maximum absolute atomic E-state index is 11.6. The zero-order valence-electron chi connectivity index (χ0n) is 11.7. The minimum Gasteiger partial charge on any atom is -0.478 e. The first-order valence-corrected chi connectivity index (χ1v) is 6.18. The summed E-state index contributed by atoms with van der Waals surface area (Å²) in [6.45, 7) is 2.71. The van der Waals surface area contributed by atoms with Crippen molar-refractivity contribution in [3.8, 4) is 5.75 Å². The highest BCUT2D eigenvalue weighted by molar-refractivity contribution is 5.93. The maximum atomic E-state index is 11.6. The number of ether oxygens (including phenoxy) is 1. The van der Waals surface area contributed by atoms with Crippen molar-refractivity contribution in [3.05, 3.63) is 34.7 Å². The monoisotopic (exact) mass is 293 g/mol.